The van der Waals surface area contributed by atoms with Gasteiger partial charge in [-0.3, -0.25) is 0 Å². The van der Waals surface area contributed by atoms with Crippen LogP contribution in [0.4, 0.5) is 0 Å². The number of nitrogens with zero attached hydrogens (tertiary/aromatic N) is 1. The Hall–Kier alpha value is -2.66. The van der Waals surface area contributed by atoms with E-state index in [1.54, 1.807) is 24.3 Å². The van der Waals surface area contributed by atoms with Crippen LogP contribution in [0, 0.1) is 0 Å². The van der Waals surface area contributed by atoms with E-state index in [0.29, 0.717) is 16.8 Å². The zero-order valence-corrected chi connectivity index (χ0v) is 15.7. The van der Waals surface area contributed by atoms with Gasteiger partial charge in [0.25, 0.3) is 0 Å². The molecule has 1 heterocycles. The molecular formula is C18H21N3O6S. The fourth-order valence-corrected chi connectivity index (χ4v) is 4.23. The fraction of sp³-hybridized carbons (Fsp3) is 0.278. The van der Waals surface area contributed by atoms with Gasteiger partial charge in [0.05, 0.1) is 22.5 Å². The van der Waals surface area contributed by atoms with Gasteiger partial charge in [-0.05, 0) is 30.3 Å². The van der Waals surface area contributed by atoms with Gasteiger partial charge in [0.2, 0.25) is 10.0 Å². The first-order valence-electron chi connectivity index (χ1n) is 8.59. The number of hydrogen-bond acceptors (Lipinski definition) is 6. The highest BCUT2D eigenvalue weighted by Gasteiger charge is 2.27. The highest BCUT2D eigenvalue weighted by atomic mass is 32.2. The van der Waals surface area contributed by atoms with Crippen molar-refractivity contribution < 1.29 is 23.4 Å². The molecule has 0 aliphatic heterocycles. The number of H-pyrrole nitrogens is 2. The Morgan fingerprint density at radius 3 is 2.50 bits per heavy atom. The predicted octanol–water partition coefficient (Wildman–Crippen LogP) is 0.279. The van der Waals surface area contributed by atoms with E-state index in [9.17, 15) is 23.4 Å². The molecule has 0 saturated carbocycles. The van der Waals surface area contributed by atoms with Gasteiger partial charge in [0.15, 0.2) is 0 Å². The number of fused-ring (bicyclic) bond motifs is 1. The normalized spacial score (nSPS) is 13.1. The molecule has 0 aliphatic rings. The van der Waals surface area contributed by atoms with Crippen LogP contribution in [0.15, 0.2) is 58.2 Å². The van der Waals surface area contributed by atoms with Crippen LogP contribution in [-0.2, 0) is 10.0 Å². The number of aliphatic hydroxyl groups is 2. The van der Waals surface area contributed by atoms with Crippen LogP contribution in [0.3, 0.4) is 0 Å². The minimum absolute atomic E-state index is 0.0557. The third-order valence-corrected chi connectivity index (χ3v) is 5.94. The summed E-state index contributed by atoms with van der Waals surface area (Å²) in [5.41, 5.74) is 0.391. The summed E-state index contributed by atoms with van der Waals surface area (Å²) in [6.07, 6.45) is -1.10. The molecule has 9 nitrogen and oxygen atoms in total. The van der Waals surface area contributed by atoms with Crippen LogP contribution < -0.4 is 10.4 Å². The second kappa shape index (κ2) is 8.57. The third kappa shape index (κ3) is 4.60. The maximum atomic E-state index is 12.9. The van der Waals surface area contributed by atoms with Gasteiger partial charge >= 0.3 is 5.69 Å². The predicted molar refractivity (Wildman–Crippen MR) is 103 cm³/mol. The van der Waals surface area contributed by atoms with Gasteiger partial charge in [-0.1, -0.05) is 18.2 Å². The lowest BCUT2D eigenvalue weighted by molar-refractivity contribution is 0.0857. The number of imidazole rings is 1. The maximum absolute atomic E-state index is 12.9. The van der Waals surface area contributed by atoms with Gasteiger partial charge in [-0.2, -0.15) is 4.31 Å². The molecule has 1 atom stereocenters. The van der Waals surface area contributed by atoms with Crippen LogP contribution in [0.25, 0.3) is 11.0 Å². The number of benzene rings is 2. The quantitative estimate of drug-likeness (QED) is 0.402. The third-order valence-electron chi connectivity index (χ3n) is 4.07. The Labute approximate surface area is 161 Å². The summed E-state index contributed by atoms with van der Waals surface area (Å²) < 4.78 is 32.3. The molecular weight excluding hydrogens is 386 g/mol. The molecule has 150 valence electrons. The van der Waals surface area contributed by atoms with Crippen molar-refractivity contribution >= 4 is 21.1 Å². The summed E-state index contributed by atoms with van der Waals surface area (Å²) in [5.74, 6) is 0.556. The van der Waals surface area contributed by atoms with Crippen LogP contribution in [0.5, 0.6) is 5.75 Å². The van der Waals surface area contributed by atoms with Crippen LogP contribution in [0.1, 0.15) is 0 Å². The topological polar surface area (TPSA) is 136 Å². The molecule has 0 radical (unpaired) electrons. The van der Waals surface area contributed by atoms with Gasteiger partial charge in [0, 0.05) is 13.1 Å². The number of aromatic nitrogens is 2. The molecule has 3 rings (SSSR count). The molecule has 2 aromatic carbocycles. The summed E-state index contributed by atoms with van der Waals surface area (Å²) in [6.45, 7) is -0.954. The van der Waals surface area contributed by atoms with Crippen molar-refractivity contribution in [3.8, 4) is 5.75 Å². The molecule has 0 spiro atoms. The second-order valence-corrected chi connectivity index (χ2v) is 8.09. The molecule has 0 aliphatic carbocycles. The summed E-state index contributed by atoms with van der Waals surface area (Å²) in [4.78, 5) is 16.4. The maximum Gasteiger partial charge on any atom is 0.323 e. The van der Waals surface area contributed by atoms with E-state index >= 15 is 0 Å². The minimum atomic E-state index is -4.00. The highest BCUT2D eigenvalue weighted by molar-refractivity contribution is 7.89. The van der Waals surface area contributed by atoms with Gasteiger partial charge in [0.1, 0.15) is 18.5 Å². The van der Waals surface area contributed by atoms with Gasteiger partial charge < -0.3 is 24.9 Å². The highest BCUT2D eigenvalue weighted by Crippen LogP contribution is 2.20. The van der Waals surface area contributed by atoms with E-state index < -0.39 is 28.4 Å². The lowest BCUT2D eigenvalue weighted by atomic mass is 10.3. The zero-order chi connectivity index (χ0) is 20.1. The van der Waals surface area contributed by atoms with Crippen molar-refractivity contribution in [2.24, 2.45) is 0 Å². The van der Waals surface area contributed by atoms with Crippen molar-refractivity contribution in [1.29, 1.82) is 0 Å². The van der Waals surface area contributed by atoms with Gasteiger partial charge in [-0.15, -0.1) is 0 Å². The molecule has 1 aromatic heterocycles. The van der Waals surface area contributed by atoms with E-state index in [2.05, 4.69) is 9.97 Å². The van der Waals surface area contributed by atoms with Crippen LogP contribution in [0.2, 0.25) is 0 Å². The Morgan fingerprint density at radius 2 is 1.79 bits per heavy atom. The lowest BCUT2D eigenvalue weighted by Gasteiger charge is -2.24. The lowest BCUT2D eigenvalue weighted by Crippen LogP contribution is -2.41. The molecule has 0 bridgehead atoms. The first-order chi connectivity index (χ1) is 13.4. The number of sulfonamides is 1. The molecule has 4 N–H and O–H groups in total. The SMILES string of the molecule is O=c1[nH]c2ccc(S(=O)(=O)N(CCO)C[C@@H](O)COc3ccccc3)cc2[nH]1. The van der Waals surface area contributed by atoms with Crippen molar-refractivity contribution in [1.82, 2.24) is 14.3 Å². The number of aromatic amines is 2. The van der Waals surface area contributed by atoms with E-state index in [0.717, 1.165) is 4.31 Å². The summed E-state index contributed by atoms with van der Waals surface area (Å²) in [7, 11) is -4.00. The van der Waals surface area contributed by atoms with Crippen molar-refractivity contribution in [3.05, 3.63) is 59.0 Å². The number of hydrogen-bond donors (Lipinski definition) is 4. The van der Waals surface area contributed by atoms with Crippen LogP contribution in [-0.4, -0.2) is 65.3 Å². The molecule has 10 heteroatoms. The fourth-order valence-electron chi connectivity index (χ4n) is 2.74. The molecule has 0 unspecified atom stereocenters. The first-order valence-corrected chi connectivity index (χ1v) is 10.0. The summed E-state index contributed by atoms with van der Waals surface area (Å²) in [6, 6.07) is 13.0. The largest absolute Gasteiger partial charge is 0.491 e. The van der Waals surface area contributed by atoms with Crippen LogP contribution >= 0.6 is 0 Å². The molecule has 3 aromatic rings. The molecule has 0 amide bonds. The number of rotatable bonds is 9. The van der Waals surface area contributed by atoms with Crippen molar-refractivity contribution in [2.45, 2.75) is 11.0 Å². The first kappa shape index (κ1) is 20.1. The molecule has 0 fully saturated rings. The monoisotopic (exact) mass is 407 g/mol. The van der Waals surface area contributed by atoms with E-state index in [1.807, 2.05) is 6.07 Å². The average molecular weight is 407 g/mol. The number of para-hydroxylation sites is 1. The summed E-state index contributed by atoms with van der Waals surface area (Å²) >= 11 is 0. The number of nitrogens with one attached hydrogen (secondary N) is 2. The van der Waals surface area contributed by atoms with E-state index in [4.69, 9.17) is 4.74 Å². The molecule has 0 saturated heterocycles. The van der Waals surface area contributed by atoms with E-state index in [1.165, 1.54) is 18.2 Å². The van der Waals surface area contributed by atoms with Crippen molar-refractivity contribution in [2.75, 3.05) is 26.3 Å². The molecule has 28 heavy (non-hydrogen) atoms. The second-order valence-electron chi connectivity index (χ2n) is 6.15. The Kier molecular flexibility index (Phi) is 6.15. The summed E-state index contributed by atoms with van der Waals surface area (Å²) in [5, 5.41) is 19.5. The standard InChI is InChI=1S/C18H21N3O6S/c22-9-8-21(11-13(23)12-27-14-4-2-1-3-5-14)28(25,26)15-6-7-16-17(10-15)20-18(24)19-16/h1-7,10,13,22-23H,8-9,11-12H2,(H2,19,20,24)/t13-/m1/s1. The van der Waals surface area contributed by atoms with Gasteiger partial charge in [-0.25, -0.2) is 13.2 Å². The Morgan fingerprint density at radius 1 is 1.07 bits per heavy atom. The smallest absolute Gasteiger partial charge is 0.323 e. The Bertz CT molecular complexity index is 1080. The number of ether oxygens (including phenoxy) is 1. The van der Waals surface area contributed by atoms with E-state index in [-0.39, 0.29) is 24.6 Å². The minimum Gasteiger partial charge on any atom is -0.491 e. The van der Waals surface area contributed by atoms with Crippen molar-refractivity contribution in [3.63, 3.8) is 0 Å². The Balaban J connectivity index is 1.75. The average Bonchev–Trinajstić information content (AvgIpc) is 3.06. The zero-order valence-electron chi connectivity index (χ0n) is 14.9. The number of aliphatic hydroxyl groups excluding tert-OH is 2.